The number of carbonyl (C=O) groups excluding carboxylic acids is 1. The third kappa shape index (κ3) is 4.25. The number of methoxy groups -OCH3 is 1. The van der Waals surface area contributed by atoms with Crippen molar-refractivity contribution in [3.63, 3.8) is 0 Å². The van der Waals surface area contributed by atoms with Gasteiger partial charge < -0.3 is 20.3 Å². The average Bonchev–Trinajstić information content (AvgIpc) is 2.76. The highest BCUT2D eigenvalue weighted by Gasteiger charge is 2.18. The van der Waals surface area contributed by atoms with Crippen LogP contribution in [0.5, 0.6) is 5.75 Å². The maximum Gasteiger partial charge on any atom is 0.243 e. The lowest BCUT2D eigenvalue weighted by molar-refractivity contribution is -0.116. The van der Waals surface area contributed by atoms with Crippen molar-refractivity contribution in [2.75, 3.05) is 32.1 Å². The van der Waals surface area contributed by atoms with E-state index < -0.39 is 0 Å². The highest BCUT2D eigenvalue weighted by molar-refractivity contribution is 7.80. The number of benzene rings is 1. The Balaban J connectivity index is 0.00000180. The molecule has 19 heavy (non-hydrogen) atoms. The van der Waals surface area contributed by atoms with Crippen molar-refractivity contribution in [1.82, 2.24) is 10.2 Å². The van der Waals surface area contributed by atoms with Gasteiger partial charge in [-0.1, -0.05) is 0 Å². The van der Waals surface area contributed by atoms with Gasteiger partial charge in [0.1, 0.15) is 5.75 Å². The molecule has 1 aromatic carbocycles. The molecule has 2 N–H and O–H groups in total. The van der Waals surface area contributed by atoms with Gasteiger partial charge in [-0.15, -0.1) is 12.4 Å². The van der Waals surface area contributed by atoms with Gasteiger partial charge in [0.15, 0.2) is 5.11 Å². The van der Waals surface area contributed by atoms with Crippen molar-refractivity contribution < 1.29 is 9.53 Å². The molecule has 0 aromatic heterocycles. The van der Waals surface area contributed by atoms with E-state index in [-0.39, 0.29) is 24.9 Å². The molecule has 1 aromatic rings. The molecule has 0 aliphatic carbocycles. The van der Waals surface area contributed by atoms with Gasteiger partial charge in [-0.2, -0.15) is 0 Å². The predicted octanol–water partition coefficient (Wildman–Crippen LogP) is 1.25. The molecule has 0 bridgehead atoms. The van der Waals surface area contributed by atoms with Crippen LogP contribution in [0.1, 0.15) is 0 Å². The van der Waals surface area contributed by atoms with Crippen LogP contribution in [0, 0.1) is 0 Å². The van der Waals surface area contributed by atoms with Crippen molar-refractivity contribution in [3.8, 4) is 5.75 Å². The molecule has 1 fully saturated rings. The lowest BCUT2D eigenvalue weighted by atomic mass is 10.3. The van der Waals surface area contributed by atoms with E-state index in [0.29, 0.717) is 5.11 Å². The van der Waals surface area contributed by atoms with Gasteiger partial charge in [-0.3, -0.25) is 4.79 Å². The average molecular weight is 302 g/mol. The van der Waals surface area contributed by atoms with Gasteiger partial charge in [-0.25, -0.2) is 0 Å². The first-order chi connectivity index (χ1) is 8.69. The van der Waals surface area contributed by atoms with Crippen molar-refractivity contribution in [2.24, 2.45) is 0 Å². The van der Waals surface area contributed by atoms with Gasteiger partial charge in [0, 0.05) is 18.8 Å². The minimum atomic E-state index is -0.0776. The van der Waals surface area contributed by atoms with Crippen LogP contribution in [0.25, 0.3) is 0 Å². The predicted molar refractivity (Wildman–Crippen MR) is 81.0 cm³/mol. The van der Waals surface area contributed by atoms with Crippen LogP contribution in [-0.2, 0) is 4.79 Å². The third-order valence-corrected chi connectivity index (χ3v) is 3.06. The van der Waals surface area contributed by atoms with Crippen LogP contribution in [-0.4, -0.2) is 42.7 Å². The second kappa shape index (κ2) is 7.16. The largest absolute Gasteiger partial charge is 0.497 e. The molecular formula is C12H16ClN3O2S. The summed E-state index contributed by atoms with van der Waals surface area (Å²) in [5.74, 6) is 0.684. The van der Waals surface area contributed by atoms with Crippen molar-refractivity contribution in [2.45, 2.75) is 0 Å². The first kappa shape index (κ1) is 15.5. The topological polar surface area (TPSA) is 53.6 Å². The second-order valence-electron chi connectivity index (χ2n) is 3.93. The van der Waals surface area contributed by atoms with Crippen LogP contribution >= 0.6 is 24.6 Å². The molecule has 1 aliphatic rings. The first-order valence-corrected chi connectivity index (χ1v) is 6.06. The fraction of sp³-hybridized carbons (Fsp3) is 0.333. The minimum Gasteiger partial charge on any atom is -0.497 e. The van der Waals surface area contributed by atoms with Gasteiger partial charge in [0.2, 0.25) is 5.91 Å². The Morgan fingerprint density at radius 1 is 1.47 bits per heavy atom. The molecule has 0 atom stereocenters. The van der Waals surface area contributed by atoms with E-state index in [2.05, 4.69) is 10.6 Å². The molecule has 0 radical (unpaired) electrons. The number of thiocarbonyl (C=S) groups is 1. The lowest BCUT2D eigenvalue weighted by Gasteiger charge is -2.15. The quantitative estimate of drug-likeness (QED) is 0.820. The van der Waals surface area contributed by atoms with Crippen LogP contribution in [0.15, 0.2) is 24.3 Å². The first-order valence-electron chi connectivity index (χ1n) is 5.66. The number of amides is 1. The molecule has 1 amide bonds. The molecule has 5 nitrogen and oxygen atoms in total. The molecule has 1 saturated heterocycles. The standard InChI is InChI=1S/C12H15N3O2S.ClH/c1-17-10-4-2-9(3-5-10)14-11(16)8-15-7-6-13-12(15)18;/h2-5H,6-8H2,1H3,(H,13,18)(H,14,16);1H. The number of ether oxygens (including phenoxy) is 1. The van der Waals surface area contributed by atoms with Gasteiger partial charge in [-0.05, 0) is 36.5 Å². The summed E-state index contributed by atoms with van der Waals surface area (Å²) in [4.78, 5) is 13.6. The number of nitrogens with zero attached hydrogens (tertiary/aromatic N) is 1. The van der Waals surface area contributed by atoms with E-state index in [1.54, 1.807) is 31.4 Å². The summed E-state index contributed by atoms with van der Waals surface area (Å²) in [6.07, 6.45) is 0. The smallest absolute Gasteiger partial charge is 0.243 e. The van der Waals surface area contributed by atoms with Crippen LogP contribution in [0.4, 0.5) is 5.69 Å². The Morgan fingerprint density at radius 3 is 2.68 bits per heavy atom. The molecule has 1 heterocycles. The van der Waals surface area contributed by atoms with Gasteiger partial charge >= 0.3 is 0 Å². The summed E-state index contributed by atoms with van der Waals surface area (Å²) in [6.45, 7) is 1.85. The normalized spacial score (nSPS) is 13.5. The number of anilines is 1. The van der Waals surface area contributed by atoms with Crippen molar-refractivity contribution in [1.29, 1.82) is 0 Å². The Hall–Kier alpha value is -1.53. The summed E-state index contributed by atoms with van der Waals surface area (Å²) >= 11 is 5.07. The van der Waals surface area contributed by atoms with Crippen LogP contribution in [0.2, 0.25) is 0 Å². The monoisotopic (exact) mass is 301 g/mol. The summed E-state index contributed by atoms with van der Waals surface area (Å²) in [7, 11) is 1.61. The summed E-state index contributed by atoms with van der Waals surface area (Å²) in [5, 5.41) is 6.47. The van der Waals surface area contributed by atoms with E-state index in [0.717, 1.165) is 24.5 Å². The molecule has 2 rings (SSSR count). The van der Waals surface area contributed by atoms with Crippen molar-refractivity contribution in [3.05, 3.63) is 24.3 Å². The molecule has 0 unspecified atom stereocenters. The number of rotatable bonds is 4. The number of nitrogens with one attached hydrogen (secondary N) is 2. The fourth-order valence-electron chi connectivity index (χ4n) is 1.71. The Morgan fingerprint density at radius 2 is 2.16 bits per heavy atom. The van der Waals surface area contributed by atoms with E-state index in [9.17, 15) is 4.79 Å². The Kier molecular flexibility index (Phi) is 5.85. The summed E-state index contributed by atoms with van der Waals surface area (Å²) in [6, 6.07) is 7.21. The molecule has 0 spiro atoms. The van der Waals surface area contributed by atoms with E-state index in [4.69, 9.17) is 17.0 Å². The minimum absolute atomic E-state index is 0. The molecule has 7 heteroatoms. The number of hydrogen-bond donors (Lipinski definition) is 2. The number of halogens is 1. The lowest BCUT2D eigenvalue weighted by Crippen LogP contribution is -2.35. The highest BCUT2D eigenvalue weighted by Crippen LogP contribution is 2.14. The number of carbonyl (C=O) groups is 1. The second-order valence-corrected chi connectivity index (χ2v) is 4.32. The molecule has 0 saturated carbocycles. The van der Waals surface area contributed by atoms with Crippen LogP contribution in [0.3, 0.4) is 0 Å². The Bertz CT molecular complexity index is 453. The highest BCUT2D eigenvalue weighted by atomic mass is 35.5. The zero-order valence-corrected chi connectivity index (χ0v) is 12.1. The zero-order valence-electron chi connectivity index (χ0n) is 10.5. The summed E-state index contributed by atoms with van der Waals surface area (Å²) in [5.41, 5.74) is 0.749. The fourth-order valence-corrected chi connectivity index (χ4v) is 1.97. The van der Waals surface area contributed by atoms with E-state index >= 15 is 0 Å². The maximum atomic E-state index is 11.8. The number of hydrogen-bond acceptors (Lipinski definition) is 3. The van der Waals surface area contributed by atoms with Crippen molar-refractivity contribution >= 4 is 41.3 Å². The van der Waals surface area contributed by atoms with E-state index in [1.165, 1.54) is 0 Å². The Labute approximate surface area is 123 Å². The molecular weight excluding hydrogens is 286 g/mol. The summed E-state index contributed by atoms with van der Waals surface area (Å²) < 4.78 is 5.05. The molecule has 104 valence electrons. The van der Waals surface area contributed by atoms with Crippen LogP contribution < -0.4 is 15.4 Å². The zero-order chi connectivity index (χ0) is 13.0. The SMILES string of the molecule is COc1ccc(NC(=O)CN2CCNC2=S)cc1.Cl. The third-order valence-electron chi connectivity index (χ3n) is 2.65. The molecule has 1 aliphatic heterocycles. The van der Waals surface area contributed by atoms with Gasteiger partial charge in [0.25, 0.3) is 0 Å². The van der Waals surface area contributed by atoms with E-state index in [1.807, 2.05) is 4.90 Å². The van der Waals surface area contributed by atoms with Gasteiger partial charge in [0.05, 0.1) is 13.7 Å². The maximum absolute atomic E-state index is 11.8.